The number of carbonyl (C=O) groups excluding carboxylic acids is 1. The third-order valence-electron chi connectivity index (χ3n) is 4.21. The Bertz CT molecular complexity index is 738. The van der Waals surface area contributed by atoms with Gasteiger partial charge in [-0.25, -0.2) is 9.97 Å². The molecule has 0 atom stereocenters. The van der Waals surface area contributed by atoms with Gasteiger partial charge in [0.1, 0.15) is 23.1 Å². The van der Waals surface area contributed by atoms with Gasteiger partial charge >= 0.3 is 0 Å². The Morgan fingerprint density at radius 3 is 3.00 bits per heavy atom. The van der Waals surface area contributed by atoms with Crippen LogP contribution in [0.1, 0.15) is 54.2 Å². The molecule has 1 aliphatic rings. The number of furan rings is 1. The van der Waals surface area contributed by atoms with Crippen LogP contribution < -0.4 is 10.6 Å². The molecule has 0 bridgehead atoms. The normalized spacial score (nSPS) is 14.0. The van der Waals surface area contributed by atoms with Crippen LogP contribution in [0.3, 0.4) is 0 Å². The molecular weight excluding hydrogens is 316 g/mol. The summed E-state index contributed by atoms with van der Waals surface area (Å²) in [5.41, 5.74) is 1.87. The summed E-state index contributed by atoms with van der Waals surface area (Å²) in [5, 5.41) is 6.11. The molecule has 0 saturated carbocycles. The lowest BCUT2D eigenvalue weighted by Gasteiger charge is -2.13. The first kappa shape index (κ1) is 17.2. The maximum atomic E-state index is 12.3. The molecule has 6 heteroatoms. The second-order valence-corrected chi connectivity index (χ2v) is 6.23. The monoisotopic (exact) mass is 340 g/mol. The SMILES string of the molecule is Cc1nc(NCCC2=CCCCC2)cc(C(=O)NCc2ccco2)n1. The van der Waals surface area contributed by atoms with Gasteiger partial charge < -0.3 is 15.1 Å². The molecule has 0 aliphatic heterocycles. The van der Waals surface area contributed by atoms with E-state index in [0.717, 1.165) is 13.0 Å². The summed E-state index contributed by atoms with van der Waals surface area (Å²) in [7, 11) is 0. The molecule has 0 unspecified atom stereocenters. The minimum atomic E-state index is -0.236. The number of aromatic nitrogens is 2. The molecule has 2 aromatic rings. The Labute approximate surface area is 147 Å². The van der Waals surface area contributed by atoms with Gasteiger partial charge in [0.15, 0.2) is 0 Å². The van der Waals surface area contributed by atoms with E-state index < -0.39 is 0 Å². The predicted octanol–water partition coefficient (Wildman–Crippen LogP) is 3.61. The zero-order valence-corrected chi connectivity index (χ0v) is 14.5. The Hall–Kier alpha value is -2.63. The maximum Gasteiger partial charge on any atom is 0.270 e. The Balaban J connectivity index is 1.55. The number of amides is 1. The number of aryl methyl sites for hydroxylation is 1. The number of nitrogens with zero attached hydrogens (tertiary/aromatic N) is 2. The zero-order valence-electron chi connectivity index (χ0n) is 14.5. The van der Waals surface area contributed by atoms with Gasteiger partial charge in [0.2, 0.25) is 0 Å². The van der Waals surface area contributed by atoms with E-state index in [1.54, 1.807) is 25.3 Å². The molecule has 0 aromatic carbocycles. The standard InChI is InChI=1S/C19H24N4O2/c1-14-22-17(19(24)21-13-16-8-5-11-25-16)12-18(23-14)20-10-9-15-6-3-2-4-7-15/h5-6,8,11-12H,2-4,7,9-10,13H2,1H3,(H,21,24)(H,20,22,23). The minimum absolute atomic E-state index is 0.236. The van der Waals surface area contributed by atoms with Crippen molar-refractivity contribution in [1.82, 2.24) is 15.3 Å². The highest BCUT2D eigenvalue weighted by Gasteiger charge is 2.11. The number of hydrogen-bond donors (Lipinski definition) is 2. The molecule has 3 rings (SSSR count). The van der Waals surface area contributed by atoms with E-state index in [1.807, 2.05) is 6.07 Å². The van der Waals surface area contributed by atoms with Gasteiger partial charge in [-0.2, -0.15) is 0 Å². The summed E-state index contributed by atoms with van der Waals surface area (Å²) in [6.07, 6.45) is 9.94. The van der Waals surface area contributed by atoms with E-state index in [1.165, 1.54) is 31.3 Å². The molecule has 0 radical (unpaired) electrons. The van der Waals surface area contributed by atoms with E-state index in [4.69, 9.17) is 4.42 Å². The van der Waals surface area contributed by atoms with Crippen molar-refractivity contribution in [2.75, 3.05) is 11.9 Å². The molecule has 2 aromatic heterocycles. The first-order chi connectivity index (χ1) is 12.2. The topological polar surface area (TPSA) is 80.0 Å². The first-order valence-electron chi connectivity index (χ1n) is 8.79. The second kappa shape index (κ2) is 8.46. The highest BCUT2D eigenvalue weighted by molar-refractivity contribution is 5.92. The molecule has 25 heavy (non-hydrogen) atoms. The number of nitrogens with one attached hydrogen (secondary N) is 2. The molecule has 6 nitrogen and oxygen atoms in total. The van der Waals surface area contributed by atoms with Gasteiger partial charge in [-0.05, 0) is 51.2 Å². The van der Waals surface area contributed by atoms with E-state index in [-0.39, 0.29) is 5.91 Å². The fraction of sp³-hybridized carbons (Fsp3) is 0.421. The lowest BCUT2D eigenvalue weighted by atomic mass is 9.97. The number of allylic oxidation sites excluding steroid dienone is 1. The molecule has 0 spiro atoms. The van der Waals surface area contributed by atoms with Crippen LogP contribution in [-0.2, 0) is 6.54 Å². The predicted molar refractivity (Wildman–Crippen MR) is 96.3 cm³/mol. The van der Waals surface area contributed by atoms with Crippen molar-refractivity contribution in [3.8, 4) is 0 Å². The van der Waals surface area contributed by atoms with Gasteiger partial charge in [-0.3, -0.25) is 4.79 Å². The van der Waals surface area contributed by atoms with Gasteiger partial charge in [-0.1, -0.05) is 11.6 Å². The lowest BCUT2D eigenvalue weighted by Crippen LogP contribution is -2.24. The smallest absolute Gasteiger partial charge is 0.270 e. The van der Waals surface area contributed by atoms with E-state index in [0.29, 0.717) is 29.6 Å². The maximum absolute atomic E-state index is 12.3. The Kier molecular flexibility index (Phi) is 5.82. The number of hydrogen-bond acceptors (Lipinski definition) is 5. The summed E-state index contributed by atoms with van der Waals surface area (Å²) in [6.45, 7) is 2.94. The van der Waals surface area contributed by atoms with Gasteiger partial charge in [0, 0.05) is 12.6 Å². The summed E-state index contributed by atoms with van der Waals surface area (Å²) < 4.78 is 5.21. The zero-order chi connectivity index (χ0) is 17.5. The van der Waals surface area contributed by atoms with Crippen molar-refractivity contribution in [2.24, 2.45) is 0 Å². The van der Waals surface area contributed by atoms with Crippen molar-refractivity contribution >= 4 is 11.7 Å². The highest BCUT2D eigenvalue weighted by Crippen LogP contribution is 2.20. The number of anilines is 1. The summed E-state index contributed by atoms with van der Waals surface area (Å²) >= 11 is 0. The molecule has 0 saturated heterocycles. The molecule has 0 fully saturated rings. The second-order valence-electron chi connectivity index (χ2n) is 6.23. The first-order valence-corrected chi connectivity index (χ1v) is 8.79. The van der Waals surface area contributed by atoms with Gasteiger partial charge in [-0.15, -0.1) is 0 Å². The van der Waals surface area contributed by atoms with Crippen molar-refractivity contribution in [3.05, 3.63) is 53.4 Å². The third-order valence-corrected chi connectivity index (χ3v) is 4.21. The summed E-state index contributed by atoms with van der Waals surface area (Å²) in [6, 6.07) is 5.30. The molecular formula is C19H24N4O2. The number of carbonyl (C=O) groups is 1. The molecule has 2 N–H and O–H groups in total. The summed E-state index contributed by atoms with van der Waals surface area (Å²) in [4.78, 5) is 20.9. The van der Waals surface area contributed by atoms with E-state index >= 15 is 0 Å². The fourth-order valence-corrected chi connectivity index (χ4v) is 2.93. The molecule has 132 valence electrons. The third kappa shape index (κ3) is 5.17. The Morgan fingerprint density at radius 2 is 2.24 bits per heavy atom. The van der Waals surface area contributed by atoms with Crippen molar-refractivity contribution in [3.63, 3.8) is 0 Å². The molecule has 1 amide bonds. The van der Waals surface area contributed by atoms with Crippen LogP contribution in [0, 0.1) is 6.92 Å². The van der Waals surface area contributed by atoms with Crippen LogP contribution in [0.4, 0.5) is 5.82 Å². The van der Waals surface area contributed by atoms with Crippen molar-refractivity contribution in [1.29, 1.82) is 0 Å². The lowest BCUT2D eigenvalue weighted by molar-refractivity contribution is 0.0942. The van der Waals surface area contributed by atoms with Gasteiger partial charge in [0.25, 0.3) is 5.91 Å². The Morgan fingerprint density at radius 1 is 1.32 bits per heavy atom. The fourth-order valence-electron chi connectivity index (χ4n) is 2.93. The van der Waals surface area contributed by atoms with Crippen molar-refractivity contribution < 1.29 is 9.21 Å². The van der Waals surface area contributed by atoms with Crippen LogP contribution in [0.2, 0.25) is 0 Å². The van der Waals surface area contributed by atoms with Crippen LogP contribution in [0.5, 0.6) is 0 Å². The highest BCUT2D eigenvalue weighted by atomic mass is 16.3. The largest absolute Gasteiger partial charge is 0.467 e. The van der Waals surface area contributed by atoms with E-state index in [9.17, 15) is 4.79 Å². The van der Waals surface area contributed by atoms with Crippen LogP contribution >= 0.6 is 0 Å². The van der Waals surface area contributed by atoms with Crippen LogP contribution in [-0.4, -0.2) is 22.4 Å². The minimum Gasteiger partial charge on any atom is -0.467 e. The van der Waals surface area contributed by atoms with E-state index in [2.05, 4.69) is 26.7 Å². The molecule has 1 aliphatic carbocycles. The average molecular weight is 340 g/mol. The van der Waals surface area contributed by atoms with Gasteiger partial charge in [0.05, 0.1) is 12.8 Å². The summed E-state index contributed by atoms with van der Waals surface area (Å²) in [5.74, 6) is 1.73. The van der Waals surface area contributed by atoms with Crippen LogP contribution in [0.25, 0.3) is 0 Å². The number of rotatable bonds is 7. The van der Waals surface area contributed by atoms with Crippen LogP contribution in [0.15, 0.2) is 40.5 Å². The average Bonchev–Trinajstić information content (AvgIpc) is 3.14. The quantitative estimate of drug-likeness (QED) is 0.753. The molecule has 2 heterocycles. The van der Waals surface area contributed by atoms with Crippen molar-refractivity contribution in [2.45, 2.75) is 45.6 Å².